The van der Waals surface area contributed by atoms with Gasteiger partial charge in [0.2, 0.25) is 0 Å². The Morgan fingerprint density at radius 3 is 1.93 bits per heavy atom. The molecule has 1 aliphatic carbocycles. The minimum atomic E-state index is -0.866. The quantitative estimate of drug-likeness (QED) is 0.0584. The lowest BCUT2D eigenvalue weighted by atomic mass is 9.79. The second kappa shape index (κ2) is 20.4. The Morgan fingerprint density at radius 1 is 0.681 bits per heavy atom. The number of anilines is 3. The number of fused-ring (bicyclic) bond motifs is 4. The number of benzene rings is 6. The molecule has 6 aromatic rings. The molecule has 7 nitrogen and oxygen atoms in total. The highest BCUT2D eigenvalue weighted by Gasteiger charge is 2.44. The second-order valence-electron chi connectivity index (χ2n) is 20.2. The van der Waals surface area contributed by atoms with Crippen LogP contribution < -0.4 is 24.6 Å². The molecule has 6 aromatic carbocycles. The number of hydrogen-bond acceptors (Lipinski definition) is 7. The van der Waals surface area contributed by atoms with Crippen LogP contribution in [0.1, 0.15) is 107 Å². The molecule has 2 aliphatic rings. The van der Waals surface area contributed by atoms with Gasteiger partial charge >= 0.3 is 0 Å². The Bertz CT molecular complexity index is 2720. The van der Waals surface area contributed by atoms with Gasteiger partial charge in [-0.1, -0.05) is 133 Å². The van der Waals surface area contributed by atoms with Gasteiger partial charge in [0.25, 0.3) is 0 Å². The summed E-state index contributed by atoms with van der Waals surface area (Å²) >= 11 is 0. The Kier molecular flexibility index (Phi) is 14.5. The Balaban J connectivity index is 1.03. The molecule has 0 saturated heterocycles. The molecule has 0 amide bonds. The molecule has 1 aliphatic heterocycles. The number of methoxy groups -OCH3 is 2. The first kappa shape index (κ1) is 49.2. The summed E-state index contributed by atoms with van der Waals surface area (Å²) in [5.41, 5.74) is 14.5. The monoisotopic (exact) mass is 924 g/mol. The van der Waals surface area contributed by atoms with Gasteiger partial charge in [0.15, 0.2) is 0 Å². The van der Waals surface area contributed by atoms with Gasteiger partial charge in [-0.3, -0.25) is 0 Å². The van der Waals surface area contributed by atoms with E-state index in [9.17, 15) is 5.11 Å². The van der Waals surface area contributed by atoms with Crippen LogP contribution in [0.15, 0.2) is 157 Å². The number of nitrogens with one attached hydrogen (secondary N) is 1. The molecule has 69 heavy (non-hydrogen) atoms. The molecule has 0 bridgehead atoms. The molecule has 1 heterocycles. The van der Waals surface area contributed by atoms with Gasteiger partial charge in [-0.15, -0.1) is 0 Å². The molecule has 0 atom stereocenters. The highest BCUT2D eigenvalue weighted by Crippen LogP contribution is 2.56. The van der Waals surface area contributed by atoms with Gasteiger partial charge in [-0.2, -0.15) is 0 Å². The summed E-state index contributed by atoms with van der Waals surface area (Å²) in [6, 6.07) is 47.5. The smallest absolute Gasteiger partial charge is 0.143 e. The van der Waals surface area contributed by atoms with Crippen molar-refractivity contribution in [1.29, 1.82) is 0 Å². The van der Waals surface area contributed by atoms with Gasteiger partial charge in [-0.05, 0) is 143 Å². The number of allylic oxidation sites excluding steroid dienone is 4. The summed E-state index contributed by atoms with van der Waals surface area (Å²) in [6.45, 7) is 22.2. The zero-order valence-electron chi connectivity index (χ0n) is 42.7. The fourth-order valence-electron chi connectivity index (χ4n) is 11.0. The fraction of sp³-hybridized carbons (Fsp3) is 0.355. The summed E-state index contributed by atoms with van der Waals surface area (Å²) in [6.07, 6.45) is 8.47. The van der Waals surface area contributed by atoms with Crippen LogP contribution in [0.4, 0.5) is 17.1 Å². The first-order chi connectivity index (χ1) is 33.2. The van der Waals surface area contributed by atoms with Gasteiger partial charge in [0, 0.05) is 59.8 Å². The number of aliphatic hydroxyl groups is 1. The molecule has 0 spiro atoms. The average molecular weight is 924 g/mol. The second-order valence-corrected chi connectivity index (χ2v) is 20.2. The van der Waals surface area contributed by atoms with E-state index in [0.29, 0.717) is 13.2 Å². The van der Waals surface area contributed by atoms with E-state index in [1.54, 1.807) is 14.2 Å². The third-order valence-electron chi connectivity index (χ3n) is 14.9. The maximum atomic E-state index is 10.4. The van der Waals surface area contributed by atoms with Crippen LogP contribution in [0.5, 0.6) is 11.5 Å². The minimum absolute atomic E-state index is 0.0777. The third kappa shape index (κ3) is 9.32. The average Bonchev–Trinajstić information content (AvgIpc) is 3.72. The molecule has 7 heteroatoms. The number of ether oxygens (including phenoxy) is 3. The molecule has 0 radical (unpaired) electrons. The molecular weight excluding hydrogens is 851 g/mol. The topological polar surface area (TPSA) is 66.4 Å². The Hall–Kier alpha value is -6.28. The van der Waals surface area contributed by atoms with Crippen molar-refractivity contribution in [3.8, 4) is 22.6 Å². The van der Waals surface area contributed by atoms with E-state index in [2.05, 4.69) is 192 Å². The summed E-state index contributed by atoms with van der Waals surface area (Å²) in [4.78, 5) is 4.77. The highest BCUT2D eigenvalue weighted by molar-refractivity contribution is 5.86. The molecule has 0 saturated carbocycles. The molecule has 2 N–H and O–H groups in total. The Morgan fingerprint density at radius 2 is 1.30 bits per heavy atom. The van der Waals surface area contributed by atoms with Crippen molar-refractivity contribution in [2.24, 2.45) is 0 Å². The third-order valence-corrected chi connectivity index (χ3v) is 14.9. The van der Waals surface area contributed by atoms with E-state index in [1.165, 1.54) is 50.5 Å². The van der Waals surface area contributed by atoms with Crippen LogP contribution in [0.3, 0.4) is 0 Å². The summed E-state index contributed by atoms with van der Waals surface area (Å²) in [5.74, 6) is 1.59. The van der Waals surface area contributed by atoms with E-state index in [1.807, 2.05) is 30.3 Å². The maximum Gasteiger partial charge on any atom is 0.143 e. The van der Waals surface area contributed by atoms with Crippen molar-refractivity contribution < 1.29 is 19.3 Å². The van der Waals surface area contributed by atoms with Crippen LogP contribution in [-0.2, 0) is 26.6 Å². The van der Waals surface area contributed by atoms with E-state index < -0.39 is 5.60 Å². The standard InChI is InChI=1S/C62H73N3O4/c1-11-64(12-2)47-30-35-56(63-37-20-40-69-62(44-21-14-13-15-22-44,45-26-31-48(67-9)32-27-45)46-28-33-49(68-10)34-29-46)54(41-47)59(3,4)36-19-18-25-58-61(7,8)55-42-51-50-23-16-17-24-52(50)60(5,6)53(51)43-57(55)65(58)38-39-66/h13-19,21-35,41-43,63,66H,11-12,20,36-40H2,1-10H3/b19-18+,58-25+. The predicted octanol–water partition coefficient (Wildman–Crippen LogP) is 13.6. The fourth-order valence-corrected chi connectivity index (χ4v) is 11.0. The molecule has 0 fully saturated rings. The van der Waals surface area contributed by atoms with Gasteiger partial charge in [-0.25, -0.2) is 0 Å². The summed E-state index contributed by atoms with van der Waals surface area (Å²) in [7, 11) is 3.39. The number of rotatable bonds is 20. The minimum Gasteiger partial charge on any atom is -0.497 e. The van der Waals surface area contributed by atoms with Gasteiger partial charge < -0.3 is 34.4 Å². The zero-order valence-corrected chi connectivity index (χ0v) is 42.7. The zero-order chi connectivity index (χ0) is 49.0. The predicted molar refractivity (Wildman–Crippen MR) is 288 cm³/mol. The lowest BCUT2D eigenvalue weighted by Crippen LogP contribution is -2.33. The number of hydrogen-bond donors (Lipinski definition) is 2. The molecule has 8 rings (SSSR count). The van der Waals surface area contributed by atoms with E-state index >= 15 is 0 Å². The normalized spacial score (nSPS) is 15.3. The van der Waals surface area contributed by atoms with Crippen molar-refractivity contribution in [3.63, 3.8) is 0 Å². The van der Waals surface area contributed by atoms with Crippen LogP contribution in [0.25, 0.3) is 11.1 Å². The van der Waals surface area contributed by atoms with Crippen molar-refractivity contribution in [3.05, 3.63) is 196 Å². The van der Waals surface area contributed by atoms with E-state index in [4.69, 9.17) is 14.2 Å². The lowest BCUT2D eigenvalue weighted by Gasteiger charge is -2.36. The summed E-state index contributed by atoms with van der Waals surface area (Å²) in [5, 5.41) is 14.3. The molecule has 0 unspecified atom stereocenters. The van der Waals surface area contributed by atoms with Crippen molar-refractivity contribution >= 4 is 17.1 Å². The number of aliphatic hydroxyl groups excluding tert-OH is 1. The first-order valence-corrected chi connectivity index (χ1v) is 24.9. The van der Waals surface area contributed by atoms with Crippen LogP contribution >= 0.6 is 0 Å². The van der Waals surface area contributed by atoms with Gasteiger partial charge in [0.05, 0.1) is 27.4 Å². The maximum absolute atomic E-state index is 10.4. The number of nitrogens with zero attached hydrogens (tertiary/aromatic N) is 2. The SMILES string of the molecule is CCN(CC)c1ccc(NCCCOC(c2ccccc2)(c2ccc(OC)cc2)c2ccc(OC)cc2)c(C(C)(C)C/C=C/C=C2/N(CCO)c3cc4c(cc3C2(C)C)-c2ccccc2C4(C)C)c1. The molecule has 0 aromatic heterocycles. The lowest BCUT2D eigenvalue weighted by molar-refractivity contribution is 0.0127. The number of β-amino-alcohol motifs (C(OH)–C–C–N with tert-alkyl or cyclic N) is 1. The van der Waals surface area contributed by atoms with Crippen LogP contribution in [-0.4, -0.2) is 58.7 Å². The van der Waals surface area contributed by atoms with Crippen molar-refractivity contribution in [1.82, 2.24) is 0 Å². The highest BCUT2D eigenvalue weighted by atomic mass is 16.5. The van der Waals surface area contributed by atoms with E-state index in [-0.39, 0.29) is 22.9 Å². The Labute approximate surface area is 412 Å². The van der Waals surface area contributed by atoms with Crippen LogP contribution in [0, 0.1) is 0 Å². The largest absolute Gasteiger partial charge is 0.497 e. The first-order valence-electron chi connectivity index (χ1n) is 24.9. The van der Waals surface area contributed by atoms with E-state index in [0.717, 1.165) is 66.4 Å². The molecular formula is C62H73N3O4. The van der Waals surface area contributed by atoms with Crippen LogP contribution in [0.2, 0.25) is 0 Å². The summed E-state index contributed by atoms with van der Waals surface area (Å²) < 4.78 is 18.3. The van der Waals surface area contributed by atoms with Gasteiger partial charge in [0.1, 0.15) is 17.1 Å². The molecule has 360 valence electrons. The van der Waals surface area contributed by atoms with Crippen molar-refractivity contribution in [2.45, 2.75) is 90.1 Å². The van der Waals surface area contributed by atoms with Crippen molar-refractivity contribution in [2.75, 3.05) is 68.7 Å².